The zero-order valence-electron chi connectivity index (χ0n) is 11.8. The van der Waals surface area contributed by atoms with Crippen molar-refractivity contribution in [1.82, 2.24) is 4.90 Å². The molecule has 1 aromatic carbocycles. The van der Waals surface area contributed by atoms with Crippen LogP contribution in [0.5, 0.6) is 0 Å². The van der Waals surface area contributed by atoms with Crippen molar-refractivity contribution in [2.45, 2.75) is 25.4 Å². The fourth-order valence-electron chi connectivity index (χ4n) is 2.59. The molecule has 5 heteroatoms. The average molecular weight is 298 g/mol. The van der Waals surface area contributed by atoms with Crippen LogP contribution < -0.4 is 0 Å². The zero-order chi connectivity index (χ0) is 14.7. The van der Waals surface area contributed by atoms with Gasteiger partial charge in [-0.25, -0.2) is 4.79 Å². The van der Waals surface area contributed by atoms with Crippen molar-refractivity contribution in [3.63, 3.8) is 0 Å². The number of rotatable bonds is 4. The molecule has 0 aromatic heterocycles. The van der Waals surface area contributed by atoms with Gasteiger partial charge in [0, 0.05) is 11.6 Å². The molecule has 0 amide bonds. The van der Waals surface area contributed by atoms with Gasteiger partial charge in [-0.3, -0.25) is 0 Å². The number of esters is 1. The fourth-order valence-corrected chi connectivity index (χ4v) is 2.93. The Hall–Kier alpha value is -1.10. The van der Waals surface area contributed by atoms with Crippen molar-refractivity contribution < 1.29 is 14.6 Å². The number of likely N-dealkylation sites (tertiary alicyclic amines) is 1. The second kappa shape index (κ2) is 6.57. The molecule has 0 saturated carbocycles. The molecule has 1 fully saturated rings. The van der Waals surface area contributed by atoms with Crippen molar-refractivity contribution in [3.05, 3.63) is 34.3 Å². The van der Waals surface area contributed by atoms with Crippen LogP contribution in [0.15, 0.2) is 18.2 Å². The standard InChI is InChI=1S/C15H20ClNO3/c1-3-20-15(19)14(18)10-4-5-12(13(16)8-10)11-6-7-17(2)9-11/h4-5,8,11,14,18H,3,6-7,9H2,1-2H3. The molecule has 1 saturated heterocycles. The first kappa shape index (κ1) is 15.3. The quantitative estimate of drug-likeness (QED) is 0.867. The van der Waals surface area contributed by atoms with Crippen LogP contribution in [0.3, 0.4) is 0 Å². The van der Waals surface area contributed by atoms with Gasteiger partial charge in [0.2, 0.25) is 0 Å². The summed E-state index contributed by atoms with van der Waals surface area (Å²) < 4.78 is 4.80. The number of hydrogen-bond acceptors (Lipinski definition) is 4. The number of hydrogen-bond donors (Lipinski definition) is 1. The molecule has 0 spiro atoms. The Labute approximate surface area is 124 Å². The third-order valence-corrected chi connectivity index (χ3v) is 4.01. The lowest BCUT2D eigenvalue weighted by Gasteiger charge is -2.15. The molecule has 1 aliphatic heterocycles. The average Bonchev–Trinajstić information content (AvgIpc) is 2.84. The van der Waals surface area contributed by atoms with Crippen LogP contribution in [0.1, 0.15) is 36.5 Å². The van der Waals surface area contributed by atoms with Gasteiger partial charge in [-0.15, -0.1) is 0 Å². The van der Waals surface area contributed by atoms with Crippen LogP contribution in [0, 0.1) is 0 Å². The number of carbonyl (C=O) groups excluding carboxylic acids is 1. The fraction of sp³-hybridized carbons (Fsp3) is 0.533. The van der Waals surface area contributed by atoms with Gasteiger partial charge in [0.1, 0.15) is 0 Å². The lowest BCUT2D eigenvalue weighted by Crippen LogP contribution is -2.16. The maximum atomic E-state index is 11.5. The molecule has 0 radical (unpaired) electrons. The van der Waals surface area contributed by atoms with Crippen molar-refractivity contribution in [2.24, 2.45) is 0 Å². The highest BCUT2D eigenvalue weighted by Gasteiger charge is 2.25. The summed E-state index contributed by atoms with van der Waals surface area (Å²) in [5.74, 6) is -0.224. The minimum absolute atomic E-state index is 0.246. The van der Waals surface area contributed by atoms with E-state index in [9.17, 15) is 9.90 Å². The van der Waals surface area contributed by atoms with Gasteiger partial charge in [0.05, 0.1) is 6.61 Å². The molecule has 0 bridgehead atoms. The smallest absolute Gasteiger partial charge is 0.339 e. The summed E-state index contributed by atoms with van der Waals surface area (Å²) in [6.45, 7) is 4.00. The van der Waals surface area contributed by atoms with Gasteiger partial charge in [0.25, 0.3) is 0 Å². The Morgan fingerprint density at radius 1 is 1.60 bits per heavy atom. The Morgan fingerprint density at radius 3 is 2.90 bits per heavy atom. The van der Waals surface area contributed by atoms with Crippen LogP contribution in [0.2, 0.25) is 5.02 Å². The zero-order valence-corrected chi connectivity index (χ0v) is 12.6. The number of ether oxygens (including phenoxy) is 1. The number of likely N-dealkylation sites (N-methyl/N-ethyl adjacent to an activating group) is 1. The number of carbonyl (C=O) groups is 1. The third-order valence-electron chi connectivity index (χ3n) is 3.68. The highest BCUT2D eigenvalue weighted by Crippen LogP contribution is 2.33. The molecule has 2 atom stereocenters. The summed E-state index contributed by atoms with van der Waals surface area (Å²) >= 11 is 6.30. The molecule has 4 nitrogen and oxygen atoms in total. The molecule has 1 aromatic rings. The molecule has 1 N–H and O–H groups in total. The van der Waals surface area contributed by atoms with Crippen molar-refractivity contribution in [3.8, 4) is 0 Å². The molecule has 110 valence electrons. The van der Waals surface area contributed by atoms with E-state index in [-0.39, 0.29) is 6.61 Å². The number of aliphatic hydroxyl groups is 1. The Bertz CT molecular complexity index is 492. The van der Waals surface area contributed by atoms with Crippen LogP contribution in [-0.4, -0.2) is 42.7 Å². The second-order valence-corrected chi connectivity index (χ2v) is 5.59. The van der Waals surface area contributed by atoms with Crippen molar-refractivity contribution in [2.75, 3.05) is 26.7 Å². The lowest BCUT2D eigenvalue weighted by atomic mass is 9.96. The van der Waals surface area contributed by atoms with E-state index in [2.05, 4.69) is 11.9 Å². The first-order valence-electron chi connectivity index (χ1n) is 6.85. The number of nitrogens with zero attached hydrogens (tertiary/aromatic N) is 1. The topological polar surface area (TPSA) is 49.8 Å². The first-order chi connectivity index (χ1) is 9.52. The number of halogens is 1. The predicted molar refractivity (Wildman–Crippen MR) is 77.9 cm³/mol. The van der Waals surface area contributed by atoms with Crippen molar-refractivity contribution in [1.29, 1.82) is 0 Å². The Kier molecular flexibility index (Phi) is 5.02. The van der Waals surface area contributed by atoms with Gasteiger partial charge >= 0.3 is 5.97 Å². The molecule has 1 heterocycles. The summed E-state index contributed by atoms with van der Waals surface area (Å²) in [4.78, 5) is 13.8. The summed E-state index contributed by atoms with van der Waals surface area (Å²) in [6, 6.07) is 5.32. The van der Waals surface area contributed by atoms with Gasteiger partial charge < -0.3 is 14.7 Å². The lowest BCUT2D eigenvalue weighted by molar-refractivity contribution is -0.153. The van der Waals surface area contributed by atoms with E-state index >= 15 is 0 Å². The second-order valence-electron chi connectivity index (χ2n) is 5.18. The molecular weight excluding hydrogens is 278 g/mol. The first-order valence-corrected chi connectivity index (χ1v) is 7.23. The largest absolute Gasteiger partial charge is 0.464 e. The SMILES string of the molecule is CCOC(=O)C(O)c1ccc(C2CCN(C)C2)c(Cl)c1. The van der Waals surface area contributed by atoms with E-state index in [1.807, 2.05) is 6.07 Å². The minimum Gasteiger partial charge on any atom is -0.464 e. The summed E-state index contributed by atoms with van der Waals surface area (Å²) in [5.41, 5.74) is 1.55. The summed E-state index contributed by atoms with van der Waals surface area (Å²) in [5, 5.41) is 10.5. The molecule has 0 aliphatic carbocycles. The molecule has 1 aliphatic rings. The van der Waals surface area contributed by atoms with E-state index < -0.39 is 12.1 Å². The van der Waals surface area contributed by atoms with Gasteiger partial charge in [-0.2, -0.15) is 0 Å². The maximum Gasteiger partial charge on any atom is 0.339 e. The van der Waals surface area contributed by atoms with Crippen LogP contribution in [0.25, 0.3) is 0 Å². The van der Waals surface area contributed by atoms with Crippen molar-refractivity contribution >= 4 is 17.6 Å². The highest BCUT2D eigenvalue weighted by atomic mass is 35.5. The van der Waals surface area contributed by atoms with Gasteiger partial charge in [-0.05, 0) is 50.0 Å². The molecule has 20 heavy (non-hydrogen) atoms. The predicted octanol–water partition coefficient (Wildman–Crippen LogP) is 2.36. The number of aliphatic hydroxyl groups excluding tert-OH is 1. The van der Waals surface area contributed by atoms with Gasteiger partial charge in [0.15, 0.2) is 6.10 Å². The summed E-state index contributed by atoms with van der Waals surface area (Å²) in [7, 11) is 2.09. The maximum absolute atomic E-state index is 11.5. The molecule has 2 rings (SSSR count). The Balaban J connectivity index is 2.15. The molecule has 2 unspecified atom stereocenters. The normalized spacial score (nSPS) is 20.9. The highest BCUT2D eigenvalue weighted by molar-refractivity contribution is 6.31. The molecular formula is C15H20ClNO3. The van der Waals surface area contributed by atoms with E-state index in [0.717, 1.165) is 25.1 Å². The van der Waals surface area contributed by atoms with Crippen LogP contribution >= 0.6 is 11.6 Å². The summed E-state index contributed by atoms with van der Waals surface area (Å²) in [6.07, 6.45) is -0.191. The van der Waals surface area contributed by atoms with E-state index in [1.54, 1.807) is 19.1 Å². The van der Waals surface area contributed by atoms with Crippen LogP contribution in [-0.2, 0) is 9.53 Å². The van der Waals surface area contributed by atoms with E-state index in [0.29, 0.717) is 16.5 Å². The van der Waals surface area contributed by atoms with Crippen LogP contribution in [0.4, 0.5) is 0 Å². The number of benzene rings is 1. The Morgan fingerprint density at radius 2 is 2.35 bits per heavy atom. The van der Waals surface area contributed by atoms with E-state index in [1.165, 1.54) is 0 Å². The minimum atomic E-state index is -1.27. The third kappa shape index (κ3) is 3.32. The van der Waals surface area contributed by atoms with Gasteiger partial charge in [-0.1, -0.05) is 23.7 Å². The monoisotopic (exact) mass is 297 g/mol. The van der Waals surface area contributed by atoms with E-state index in [4.69, 9.17) is 16.3 Å².